The first kappa shape index (κ1) is 10.2. The van der Waals surface area contributed by atoms with Crippen molar-refractivity contribution in [3.05, 3.63) is 24.0 Å². The molecule has 0 aliphatic carbocycles. The molecule has 0 bridgehead atoms. The van der Waals surface area contributed by atoms with Crippen molar-refractivity contribution in [3.8, 4) is 0 Å². The molecule has 0 saturated carbocycles. The van der Waals surface area contributed by atoms with Crippen LogP contribution in [0.4, 0.5) is 10.1 Å². The largest absolute Gasteiger partial charge is 0.368 e. The van der Waals surface area contributed by atoms with Crippen LogP contribution in [0.1, 0.15) is 0 Å². The third kappa shape index (κ3) is 2.17. The molecule has 14 heavy (non-hydrogen) atoms. The smallest absolute Gasteiger partial charge is 0.147 e. The molecule has 0 radical (unpaired) electrons. The number of halogens is 1. The van der Waals surface area contributed by atoms with Crippen LogP contribution in [0, 0.1) is 5.82 Å². The van der Waals surface area contributed by atoms with E-state index in [1.54, 1.807) is 0 Å². The maximum Gasteiger partial charge on any atom is 0.147 e. The van der Waals surface area contributed by atoms with Crippen molar-refractivity contribution in [1.82, 2.24) is 0 Å². The van der Waals surface area contributed by atoms with Gasteiger partial charge in [0, 0.05) is 29.5 Å². The van der Waals surface area contributed by atoms with E-state index in [0.717, 1.165) is 24.6 Å². The number of nitrogens with zero attached hydrogens (tertiary/aromatic N) is 1. The van der Waals surface area contributed by atoms with Gasteiger partial charge in [0.2, 0.25) is 0 Å². The first-order chi connectivity index (χ1) is 6.77. The van der Waals surface area contributed by atoms with Gasteiger partial charge in [-0.05, 0) is 18.2 Å². The van der Waals surface area contributed by atoms with E-state index in [1.165, 1.54) is 6.07 Å². The summed E-state index contributed by atoms with van der Waals surface area (Å²) in [5.74, 6) is 2.01. The minimum absolute atomic E-state index is 0.163. The third-order valence-corrected chi connectivity index (χ3v) is 3.50. The van der Waals surface area contributed by atoms with Crippen molar-refractivity contribution >= 4 is 30.1 Å². The summed E-state index contributed by atoms with van der Waals surface area (Å²) >= 11 is 6.03. The second-order valence-electron chi connectivity index (χ2n) is 3.24. The van der Waals surface area contributed by atoms with E-state index in [-0.39, 0.29) is 5.82 Å². The number of thioether (sulfide) groups is 1. The summed E-state index contributed by atoms with van der Waals surface area (Å²) in [5.41, 5.74) is 0.711. The molecule has 76 valence electrons. The molecule has 1 aromatic rings. The predicted molar refractivity (Wildman–Crippen MR) is 63.2 cm³/mol. The Morgan fingerprint density at radius 1 is 1.29 bits per heavy atom. The summed E-state index contributed by atoms with van der Waals surface area (Å²) in [6, 6.07) is 5.12. The number of thiol groups is 1. The quantitative estimate of drug-likeness (QED) is 0.738. The number of rotatable bonds is 1. The molecule has 4 heteroatoms. The van der Waals surface area contributed by atoms with Crippen LogP contribution >= 0.6 is 24.4 Å². The number of anilines is 1. The van der Waals surface area contributed by atoms with Crippen molar-refractivity contribution in [1.29, 1.82) is 0 Å². The molecule has 2 rings (SSSR count). The zero-order valence-electron chi connectivity index (χ0n) is 7.74. The lowest BCUT2D eigenvalue weighted by Gasteiger charge is -2.28. The Balaban J connectivity index is 2.22. The third-order valence-electron chi connectivity index (χ3n) is 2.28. The molecule has 0 amide bonds. The van der Waals surface area contributed by atoms with Crippen LogP contribution in [0.15, 0.2) is 23.1 Å². The average molecular weight is 229 g/mol. The lowest BCUT2D eigenvalue weighted by atomic mass is 10.2. The van der Waals surface area contributed by atoms with Crippen LogP contribution in [-0.2, 0) is 0 Å². The summed E-state index contributed by atoms with van der Waals surface area (Å²) in [7, 11) is 0. The fourth-order valence-electron chi connectivity index (χ4n) is 1.56. The molecule has 1 nitrogen and oxygen atoms in total. The van der Waals surface area contributed by atoms with Gasteiger partial charge in [-0.1, -0.05) is 0 Å². The summed E-state index contributed by atoms with van der Waals surface area (Å²) in [6.45, 7) is 1.88. The maximum atomic E-state index is 13.5. The van der Waals surface area contributed by atoms with E-state index >= 15 is 0 Å². The summed E-state index contributed by atoms with van der Waals surface area (Å²) in [5, 5.41) is 0. The van der Waals surface area contributed by atoms with Gasteiger partial charge in [0.25, 0.3) is 0 Å². The molecule has 0 aromatic heterocycles. The lowest BCUT2D eigenvalue weighted by molar-refractivity contribution is 0.616. The molecule has 1 heterocycles. The number of hydrogen-bond acceptors (Lipinski definition) is 3. The fourth-order valence-corrected chi connectivity index (χ4v) is 2.65. The van der Waals surface area contributed by atoms with Crippen LogP contribution < -0.4 is 4.90 Å². The van der Waals surface area contributed by atoms with Crippen molar-refractivity contribution in [2.24, 2.45) is 0 Å². The van der Waals surface area contributed by atoms with Gasteiger partial charge >= 0.3 is 0 Å². The Hall–Kier alpha value is -0.350. The molecule has 1 fully saturated rings. The highest BCUT2D eigenvalue weighted by atomic mass is 32.2. The maximum absolute atomic E-state index is 13.5. The van der Waals surface area contributed by atoms with Crippen LogP contribution in [0.5, 0.6) is 0 Å². The second kappa shape index (κ2) is 4.45. The Bertz CT molecular complexity index is 324. The minimum Gasteiger partial charge on any atom is -0.368 e. The highest BCUT2D eigenvalue weighted by Crippen LogP contribution is 2.24. The van der Waals surface area contributed by atoms with Crippen LogP contribution in [0.25, 0.3) is 0 Å². The molecular formula is C10H12FNS2. The van der Waals surface area contributed by atoms with Gasteiger partial charge in [0.1, 0.15) is 5.82 Å². The summed E-state index contributed by atoms with van der Waals surface area (Å²) < 4.78 is 13.5. The first-order valence-corrected chi connectivity index (χ1v) is 6.19. The molecule has 1 aromatic carbocycles. The van der Waals surface area contributed by atoms with E-state index in [0.29, 0.717) is 10.6 Å². The van der Waals surface area contributed by atoms with Crippen molar-refractivity contribution < 1.29 is 4.39 Å². The Morgan fingerprint density at radius 2 is 2.00 bits per heavy atom. The minimum atomic E-state index is -0.163. The van der Waals surface area contributed by atoms with E-state index in [2.05, 4.69) is 17.5 Å². The molecule has 0 N–H and O–H groups in total. The van der Waals surface area contributed by atoms with Gasteiger partial charge in [-0.2, -0.15) is 11.8 Å². The Labute approximate surface area is 93.1 Å². The highest BCUT2D eigenvalue weighted by molar-refractivity contribution is 7.99. The SMILES string of the molecule is Fc1cc(S)ccc1N1CCSCC1. The first-order valence-electron chi connectivity index (χ1n) is 4.58. The molecular weight excluding hydrogens is 217 g/mol. The molecule has 0 atom stereocenters. The highest BCUT2D eigenvalue weighted by Gasteiger charge is 2.14. The molecule has 1 saturated heterocycles. The van der Waals surface area contributed by atoms with E-state index in [4.69, 9.17) is 0 Å². The lowest BCUT2D eigenvalue weighted by Crippen LogP contribution is -2.33. The van der Waals surface area contributed by atoms with Crippen molar-refractivity contribution in [3.63, 3.8) is 0 Å². The van der Waals surface area contributed by atoms with Crippen LogP contribution in [-0.4, -0.2) is 24.6 Å². The number of hydrogen-bond donors (Lipinski definition) is 1. The van der Waals surface area contributed by atoms with Crippen molar-refractivity contribution in [2.45, 2.75) is 4.90 Å². The van der Waals surface area contributed by atoms with E-state index in [1.807, 2.05) is 23.9 Å². The molecule has 0 unspecified atom stereocenters. The Kier molecular flexibility index (Phi) is 3.23. The summed E-state index contributed by atoms with van der Waals surface area (Å²) in [4.78, 5) is 2.77. The molecule has 1 aliphatic rings. The molecule has 1 aliphatic heterocycles. The van der Waals surface area contributed by atoms with Crippen molar-refractivity contribution in [2.75, 3.05) is 29.5 Å². The van der Waals surface area contributed by atoms with Crippen LogP contribution in [0.3, 0.4) is 0 Å². The van der Waals surface area contributed by atoms with Gasteiger partial charge in [0.15, 0.2) is 0 Å². The van der Waals surface area contributed by atoms with E-state index in [9.17, 15) is 4.39 Å². The van der Waals surface area contributed by atoms with Gasteiger partial charge in [-0.25, -0.2) is 4.39 Å². The van der Waals surface area contributed by atoms with Gasteiger partial charge in [-0.3, -0.25) is 0 Å². The standard InChI is InChI=1S/C10H12FNS2/c11-9-7-8(13)1-2-10(9)12-3-5-14-6-4-12/h1-2,7,13H,3-6H2. The predicted octanol–water partition coefficient (Wildman–Crippen LogP) is 2.67. The number of benzene rings is 1. The zero-order chi connectivity index (χ0) is 9.97. The van der Waals surface area contributed by atoms with Crippen LogP contribution in [0.2, 0.25) is 0 Å². The second-order valence-corrected chi connectivity index (χ2v) is 4.98. The van der Waals surface area contributed by atoms with E-state index < -0.39 is 0 Å². The van der Waals surface area contributed by atoms with Gasteiger partial charge < -0.3 is 4.90 Å². The van der Waals surface area contributed by atoms with Gasteiger partial charge in [0.05, 0.1) is 5.69 Å². The zero-order valence-corrected chi connectivity index (χ0v) is 9.45. The Morgan fingerprint density at radius 3 is 2.64 bits per heavy atom. The summed E-state index contributed by atoms with van der Waals surface area (Å²) in [6.07, 6.45) is 0. The topological polar surface area (TPSA) is 3.24 Å². The average Bonchev–Trinajstić information content (AvgIpc) is 2.19. The fraction of sp³-hybridized carbons (Fsp3) is 0.400. The normalized spacial score (nSPS) is 17.1. The monoisotopic (exact) mass is 229 g/mol. The van der Waals surface area contributed by atoms with Gasteiger partial charge in [-0.15, -0.1) is 12.6 Å². The molecule has 0 spiro atoms.